The van der Waals surface area contributed by atoms with Crippen LogP contribution in [0.3, 0.4) is 0 Å². The summed E-state index contributed by atoms with van der Waals surface area (Å²) in [5.41, 5.74) is 0.660. The molecule has 0 heterocycles. The zero-order chi connectivity index (χ0) is 13.1. The molecule has 1 aliphatic carbocycles. The second-order valence-electron chi connectivity index (χ2n) is 5.62. The van der Waals surface area contributed by atoms with Crippen molar-refractivity contribution < 1.29 is 4.39 Å². The Morgan fingerprint density at radius 2 is 2.11 bits per heavy atom. The van der Waals surface area contributed by atoms with Crippen molar-refractivity contribution in [2.24, 2.45) is 11.8 Å². The lowest BCUT2D eigenvalue weighted by Gasteiger charge is -2.33. The zero-order valence-electron chi connectivity index (χ0n) is 11.0. The van der Waals surface area contributed by atoms with Gasteiger partial charge in [-0.3, -0.25) is 0 Å². The molecule has 1 saturated carbocycles. The maximum absolute atomic E-state index is 13.6. The molecule has 1 nitrogen and oxygen atoms in total. The van der Waals surface area contributed by atoms with E-state index in [0.717, 1.165) is 5.92 Å². The van der Waals surface area contributed by atoms with E-state index in [1.54, 1.807) is 12.1 Å². The van der Waals surface area contributed by atoms with Crippen molar-refractivity contribution in [2.45, 2.75) is 45.7 Å². The van der Waals surface area contributed by atoms with Gasteiger partial charge in [0.1, 0.15) is 5.82 Å². The first-order valence-electron chi connectivity index (χ1n) is 6.73. The van der Waals surface area contributed by atoms with Crippen LogP contribution in [0, 0.1) is 17.7 Å². The molecule has 1 N–H and O–H groups in total. The monoisotopic (exact) mass is 269 g/mol. The second-order valence-corrected chi connectivity index (χ2v) is 6.06. The van der Waals surface area contributed by atoms with Crippen LogP contribution < -0.4 is 5.32 Å². The van der Waals surface area contributed by atoms with Crippen LogP contribution in [0.4, 0.5) is 4.39 Å². The molecule has 3 atom stereocenters. The second kappa shape index (κ2) is 6.03. The SMILES string of the molecule is CC1CCC(NCc2cc(Cl)ccc2F)C(C)C1. The zero-order valence-corrected chi connectivity index (χ0v) is 11.8. The summed E-state index contributed by atoms with van der Waals surface area (Å²) in [7, 11) is 0. The van der Waals surface area contributed by atoms with Crippen molar-refractivity contribution in [3.8, 4) is 0 Å². The standard InChI is InChI=1S/C15H21ClFN/c1-10-3-6-15(11(2)7-10)18-9-12-8-13(16)4-5-14(12)17/h4-5,8,10-11,15,18H,3,6-7,9H2,1-2H3. The lowest BCUT2D eigenvalue weighted by Crippen LogP contribution is -2.38. The molecule has 3 unspecified atom stereocenters. The summed E-state index contributed by atoms with van der Waals surface area (Å²) in [6.45, 7) is 5.15. The Balaban J connectivity index is 1.93. The van der Waals surface area contributed by atoms with Gasteiger partial charge in [-0.15, -0.1) is 0 Å². The highest BCUT2D eigenvalue weighted by Crippen LogP contribution is 2.29. The average Bonchev–Trinajstić information content (AvgIpc) is 2.32. The summed E-state index contributed by atoms with van der Waals surface area (Å²) in [5, 5.41) is 4.07. The van der Waals surface area contributed by atoms with Crippen molar-refractivity contribution in [1.82, 2.24) is 5.32 Å². The van der Waals surface area contributed by atoms with Gasteiger partial charge in [0.2, 0.25) is 0 Å². The van der Waals surface area contributed by atoms with Gasteiger partial charge in [0, 0.05) is 23.2 Å². The summed E-state index contributed by atoms with van der Waals surface area (Å²) in [6, 6.07) is 5.23. The van der Waals surface area contributed by atoms with Crippen LogP contribution in [-0.4, -0.2) is 6.04 Å². The van der Waals surface area contributed by atoms with E-state index in [4.69, 9.17) is 11.6 Å². The molecule has 18 heavy (non-hydrogen) atoms. The fourth-order valence-corrected chi connectivity index (χ4v) is 3.08. The highest BCUT2D eigenvalue weighted by atomic mass is 35.5. The molecule has 2 rings (SSSR count). The molecule has 1 aromatic rings. The van der Waals surface area contributed by atoms with Crippen molar-refractivity contribution in [1.29, 1.82) is 0 Å². The Hall–Kier alpha value is -0.600. The minimum Gasteiger partial charge on any atom is -0.310 e. The van der Waals surface area contributed by atoms with Gasteiger partial charge in [-0.25, -0.2) is 4.39 Å². The summed E-state index contributed by atoms with van der Waals surface area (Å²) >= 11 is 5.89. The third-order valence-corrected chi connectivity index (χ3v) is 4.23. The highest BCUT2D eigenvalue weighted by Gasteiger charge is 2.24. The predicted molar refractivity (Wildman–Crippen MR) is 74.2 cm³/mol. The topological polar surface area (TPSA) is 12.0 Å². The maximum atomic E-state index is 13.6. The van der Waals surface area contributed by atoms with E-state index in [-0.39, 0.29) is 5.82 Å². The van der Waals surface area contributed by atoms with Crippen LogP contribution in [0.25, 0.3) is 0 Å². The van der Waals surface area contributed by atoms with E-state index in [1.807, 2.05) is 0 Å². The molecular formula is C15H21ClFN. The minimum atomic E-state index is -0.177. The van der Waals surface area contributed by atoms with E-state index in [0.29, 0.717) is 29.1 Å². The van der Waals surface area contributed by atoms with Crippen LogP contribution in [0.2, 0.25) is 5.02 Å². The van der Waals surface area contributed by atoms with Crippen molar-refractivity contribution in [2.75, 3.05) is 0 Å². The molecule has 100 valence electrons. The number of benzene rings is 1. The van der Waals surface area contributed by atoms with Crippen LogP contribution >= 0.6 is 11.6 Å². The highest BCUT2D eigenvalue weighted by molar-refractivity contribution is 6.30. The third-order valence-electron chi connectivity index (χ3n) is 3.99. The van der Waals surface area contributed by atoms with Gasteiger partial charge >= 0.3 is 0 Å². The van der Waals surface area contributed by atoms with E-state index < -0.39 is 0 Å². The smallest absolute Gasteiger partial charge is 0.127 e. The first-order chi connectivity index (χ1) is 8.56. The molecule has 0 radical (unpaired) electrons. The summed E-state index contributed by atoms with van der Waals surface area (Å²) < 4.78 is 13.6. The average molecular weight is 270 g/mol. The van der Waals surface area contributed by atoms with Gasteiger partial charge in [-0.2, -0.15) is 0 Å². The molecule has 1 aliphatic rings. The Labute approximate surface area is 114 Å². The maximum Gasteiger partial charge on any atom is 0.127 e. The van der Waals surface area contributed by atoms with Gasteiger partial charge in [0.25, 0.3) is 0 Å². The predicted octanol–water partition coefficient (Wildman–Crippen LogP) is 4.39. The quantitative estimate of drug-likeness (QED) is 0.858. The Kier molecular flexibility index (Phi) is 4.63. The lowest BCUT2D eigenvalue weighted by atomic mass is 9.80. The van der Waals surface area contributed by atoms with E-state index in [2.05, 4.69) is 19.2 Å². The van der Waals surface area contributed by atoms with Crippen LogP contribution in [-0.2, 0) is 6.54 Å². The molecule has 0 spiro atoms. The van der Waals surface area contributed by atoms with E-state index >= 15 is 0 Å². The summed E-state index contributed by atoms with van der Waals surface area (Å²) in [4.78, 5) is 0. The van der Waals surface area contributed by atoms with E-state index in [9.17, 15) is 4.39 Å². The van der Waals surface area contributed by atoms with Crippen LogP contribution in [0.1, 0.15) is 38.7 Å². The Morgan fingerprint density at radius 3 is 2.83 bits per heavy atom. The molecule has 0 amide bonds. The third kappa shape index (κ3) is 3.46. The largest absolute Gasteiger partial charge is 0.310 e. The number of hydrogen-bond acceptors (Lipinski definition) is 1. The normalized spacial score (nSPS) is 28.3. The van der Waals surface area contributed by atoms with Gasteiger partial charge in [-0.05, 0) is 49.3 Å². The molecule has 0 bridgehead atoms. The first kappa shape index (κ1) is 13.8. The molecule has 3 heteroatoms. The number of rotatable bonds is 3. The van der Waals surface area contributed by atoms with Gasteiger partial charge in [0.05, 0.1) is 0 Å². The Bertz CT molecular complexity index is 407. The fraction of sp³-hybridized carbons (Fsp3) is 0.600. The van der Waals surface area contributed by atoms with Crippen LogP contribution in [0.5, 0.6) is 0 Å². The number of nitrogens with one attached hydrogen (secondary N) is 1. The van der Waals surface area contributed by atoms with Gasteiger partial charge in [0.15, 0.2) is 0 Å². The molecule has 1 aromatic carbocycles. The summed E-state index contributed by atoms with van der Waals surface area (Å²) in [6.07, 6.45) is 3.71. The lowest BCUT2D eigenvalue weighted by molar-refractivity contribution is 0.226. The van der Waals surface area contributed by atoms with Crippen LogP contribution in [0.15, 0.2) is 18.2 Å². The van der Waals surface area contributed by atoms with Gasteiger partial charge in [-0.1, -0.05) is 25.4 Å². The van der Waals surface area contributed by atoms with Crippen molar-refractivity contribution in [3.05, 3.63) is 34.6 Å². The molecular weight excluding hydrogens is 249 g/mol. The number of hydrogen-bond donors (Lipinski definition) is 1. The van der Waals surface area contributed by atoms with Crippen molar-refractivity contribution in [3.63, 3.8) is 0 Å². The van der Waals surface area contributed by atoms with E-state index in [1.165, 1.54) is 25.3 Å². The summed E-state index contributed by atoms with van der Waals surface area (Å²) in [5.74, 6) is 1.31. The molecule has 0 aromatic heterocycles. The minimum absolute atomic E-state index is 0.177. The first-order valence-corrected chi connectivity index (χ1v) is 7.11. The fourth-order valence-electron chi connectivity index (χ4n) is 2.89. The molecule has 0 saturated heterocycles. The molecule has 1 fully saturated rings. The molecule has 0 aliphatic heterocycles. The van der Waals surface area contributed by atoms with Crippen molar-refractivity contribution >= 4 is 11.6 Å². The Morgan fingerprint density at radius 1 is 1.33 bits per heavy atom. The number of halogens is 2. The van der Waals surface area contributed by atoms with Gasteiger partial charge < -0.3 is 5.32 Å².